The molecule has 174 valence electrons. The van der Waals surface area contributed by atoms with Crippen LogP contribution < -0.4 is 9.47 Å². The maximum atomic E-state index is 14.1. The van der Waals surface area contributed by atoms with E-state index in [4.69, 9.17) is 21.1 Å². The molecular weight excluding hydrogens is 588 g/mol. The summed E-state index contributed by atoms with van der Waals surface area (Å²) in [4.78, 5) is 37.1. The van der Waals surface area contributed by atoms with E-state index < -0.39 is 29.5 Å². The summed E-state index contributed by atoms with van der Waals surface area (Å²) in [5.41, 5.74) is 0.809. The Bertz CT molecular complexity index is 1120. The minimum Gasteiger partial charge on any atom is -0.490 e. The first-order valence-electron chi connectivity index (χ1n) is 9.59. The Labute approximate surface area is 212 Å². The van der Waals surface area contributed by atoms with Crippen molar-refractivity contribution in [2.75, 3.05) is 20.3 Å². The van der Waals surface area contributed by atoms with Crippen LogP contribution in [0.2, 0.25) is 5.02 Å². The quantitative estimate of drug-likeness (QED) is 0.230. The first kappa shape index (κ1) is 25.3. The lowest BCUT2D eigenvalue weighted by Gasteiger charge is -2.15. The van der Waals surface area contributed by atoms with Crippen LogP contribution in [-0.2, 0) is 20.9 Å². The predicted octanol–water partition coefficient (Wildman–Crippen LogP) is 5.27. The second-order valence-corrected chi connectivity index (χ2v) is 9.16. The van der Waals surface area contributed by atoms with Crippen LogP contribution in [0.5, 0.6) is 11.5 Å². The maximum Gasteiger partial charge on any atom is 0.325 e. The smallest absolute Gasteiger partial charge is 0.325 e. The number of amides is 2. The number of carbonyl (C=O) groups excluding carboxylic acids is 3. The number of carbonyl (C=O) groups is 3. The molecule has 0 unspecified atom stereocenters. The molecule has 0 aromatic heterocycles. The summed E-state index contributed by atoms with van der Waals surface area (Å²) in [6.07, 6.45) is 1.53. The number of thioether (sulfide) groups is 1. The fourth-order valence-corrected chi connectivity index (χ4v) is 4.71. The number of benzene rings is 2. The van der Waals surface area contributed by atoms with E-state index >= 15 is 0 Å². The monoisotopic (exact) mass is 605 g/mol. The molecule has 0 radical (unpaired) electrons. The summed E-state index contributed by atoms with van der Waals surface area (Å²) in [5.74, 6) is -0.972. The molecular formula is C22H18ClFINO6S. The average Bonchev–Trinajstić information content (AvgIpc) is 3.02. The SMILES string of the molecule is CCOc1cc(/C=C2\SC(=O)N(CC(=O)OC)C2=O)cc(I)c1OCc1c(F)cccc1Cl. The second kappa shape index (κ2) is 11.2. The topological polar surface area (TPSA) is 82.1 Å². The van der Waals surface area contributed by atoms with E-state index in [2.05, 4.69) is 4.74 Å². The Hall–Kier alpha value is -2.31. The molecule has 0 spiro atoms. The van der Waals surface area contributed by atoms with Crippen LogP contribution in [0, 0.1) is 9.39 Å². The Morgan fingerprint density at radius 3 is 2.70 bits per heavy atom. The number of halogens is 3. The van der Waals surface area contributed by atoms with Crippen molar-refractivity contribution in [3.63, 3.8) is 0 Å². The van der Waals surface area contributed by atoms with Gasteiger partial charge in [0.2, 0.25) is 0 Å². The van der Waals surface area contributed by atoms with Crippen LogP contribution >= 0.6 is 46.0 Å². The third-order valence-electron chi connectivity index (χ3n) is 4.44. The molecule has 0 saturated carbocycles. The molecule has 1 aliphatic heterocycles. The zero-order valence-corrected chi connectivity index (χ0v) is 21.3. The third kappa shape index (κ3) is 5.98. The van der Waals surface area contributed by atoms with E-state index in [0.717, 1.165) is 16.7 Å². The number of ether oxygens (including phenoxy) is 3. The lowest BCUT2D eigenvalue weighted by Crippen LogP contribution is -2.34. The molecule has 2 aromatic rings. The summed E-state index contributed by atoms with van der Waals surface area (Å²) in [7, 11) is 1.18. The van der Waals surface area contributed by atoms with E-state index in [1.807, 2.05) is 22.6 Å². The van der Waals surface area contributed by atoms with Gasteiger partial charge in [0.05, 0.1) is 27.2 Å². The number of imide groups is 1. The average molecular weight is 606 g/mol. The molecule has 3 rings (SSSR count). The van der Waals surface area contributed by atoms with E-state index in [1.165, 1.54) is 25.3 Å². The highest BCUT2D eigenvalue weighted by atomic mass is 127. The lowest BCUT2D eigenvalue weighted by molar-refractivity contribution is -0.143. The van der Waals surface area contributed by atoms with E-state index in [9.17, 15) is 18.8 Å². The van der Waals surface area contributed by atoms with Gasteiger partial charge in [-0.25, -0.2) is 4.39 Å². The summed E-state index contributed by atoms with van der Waals surface area (Å²) in [6, 6.07) is 7.77. The lowest BCUT2D eigenvalue weighted by atomic mass is 10.1. The maximum absolute atomic E-state index is 14.1. The van der Waals surface area contributed by atoms with Gasteiger partial charge < -0.3 is 14.2 Å². The summed E-state index contributed by atoms with van der Waals surface area (Å²) < 4.78 is 30.8. The molecule has 1 heterocycles. The van der Waals surface area contributed by atoms with Gasteiger partial charge in [0.15, 0.2) is 11.5 Å². The van der Waals surface area contributed by atoms with E-state index in [1.54, 1.807) is 25.1 Å². The van der Waals surface area contributed by atoms with Crippen molar-refractivity contribution in [2.45, 2.75) is 13.5 Å². The molecule has 1 aliphatic rings. The molecule has 2 aromatic carbocycles. The standard InChI is InChI=1S/C22H18ClFINO6S/c1-3-31-17-8-12(9-18-21(28)26(22(29)33-18)10-19(27)30-2)7-16(25)20(17)32-11-13-14(23)5-4-6-15(13)24/h4-9H,3,10-11H2,1-2H3/b18-9-. The highest BCUT2D eigenvalue weighted by molar-refractivity contribution is 14.1. The fraction of sp³-hybridized carbons (Fsp3) is 0.227. The van der Waals surface area contributed by atoms with Gasteiger partial charge in [-0.15, -0.1) is 0 Å². The summed E-state index contributed by atoms with van der Waals surface area (Å²) >= 11 is 8.85. The summed E-state index contributed by atoms with van der Waals surface area (Å²) in [6.45, 7) is 1.58. The van der Waals surface area contributed by atoms with Crippen molar-refractivity contribution >= 4 is 69.1 Å². The van der Waals surface area contributed by atoms with E-state index in [0.29, 0.717) is 27.2 Å². The summed E-state index contributed by atoms with van der Waals surface area (Å²) in [5, 5.41) is -0.305. The molecule has 2 amide bonds. The number of hydrogen-bond acceptors (Lipinski definition) is 7. The number of nitrogens with zero attached hydrogens (tertiary/aromatic N) is 1. The van der Waals surface area contributed by atoms with Gasteiger partial charge in [0.25, 0.3) is 11.1 Å². The second-order valence-electron chi connectivity index (χ2n) is 6.60. The van der Waals surface area contributed by atoms with Crippen molar-refractivity contribution in [2.24, 2.45) is 0 Å². The number of methoxy groups -OCH3 is 1. The van der Waals surface area contributed by atoms with Crippen LogP contribution in [0.4, 0.5) is 9.18 Å². The molecule has 0 atom stereocenters. The highest BCUT2D eigenvalue weighted by Gasteiger charge is 2.36. The van der Waals surface area contributed by atoms with Crippen molar-refractivity contribution in [1.82, 2.24) is 4.90 Å². The molecule has 11 heteroatoms. The zero-order chi connectivity index (χ0) is 24.1. The normalized spacial score (nSPS) is 14.7. The van der Waals surface area contributed by atoms with Crippen molar-refractivity contribution in [3.8, 4) is 11.5 Å². The third-order valence-corrected chi connectivity index (χ3v) is 6.50. The largest absolute Gasteiger partial charge is 0.490 e. The van der Waals surface area contributed by atoms with Gasteiger partial charge >= 0.3 is 5.97 Å². The van der Waals surface area contributed by atoms with E-state index in [-0.39, 0.29) is 22.1 Å². The van der Waals surface area contributed by atoms with Crippen molar-refractivity contribution in [1.29, 1.82) is 0 Å². The minimum absolute atomic E-state index is 0.104. The van der Waals surface area contributed by atoms with Crippen LogP contribution in [0.15, 0.2) is 35.2 Å². The fourth-order valence-electron chi connectivity index (χ4n) is 2.87. The van der Waals surface area contributed by atoms with Crippen LogP contribution in [0.1, 0.15) is 18.1 Å². The van der Waals surface area contributed by atoms with Crippen LogP contribution in [-0.4, -0.2) is 42.3 Å². The van der Waals surface area contributed by atoms with Gasteiger partial charge in [-0.2, -0.15) is 0 Å². The molecule has 33 heavy (non-hydrogen) atoms. The highest BCUT2D eigenvalue weighted by Crippen LogP contribution is 2.38. The Balaban J connectivity index is 1.87. The predicted molar refractivity (Wildman–Crippen MR) is 131 cm³/mol. The number of esters is 1. The first-order valence-corrected chi connectivity index (χ1v) is 11.9. The number of rotatable bonds is 8. The Morgan fingerprint density at radius 2 is 2.03 bits per heavy atom. The van der Waals surface area contributed by atoms with Crippen molar-refractivity contribution in [3.05, 3.63) is 60.8 Å². The molecule has 0 bridgehead atoms. The van der Waals surface area contributed by atoms with Gasteiger partial charge in [0.1, 0.15) is 19.0 Å². The minimum atomic E-state index is -0.691. The van der Waals surface area contributed by atoms with Crippen LogP contribution in [0.25, 0.3) is 6.08 Å². The van der Waals surface area contributed by atoms with Gasteiger partial charge in [-0.3, -0.25) is 19.3 Å². The molecule has 1 fully saturated rings. The van der Waals surface area contributed by atoms with Crippen LogP contribution in [0.3, 0.4) is 0 Å². The number of hydrogen-bond donors (Lipinski definition) is 0. The molecule has 0 aliphatic carbocycles. The molecule has 1 saturated heterocycles. The first-order chi connectivity index (χ1) is 15.7. The zero-order valence-electron chi connectivity index (χ0n) is 17.5. The molecule has 0 N–H and O–H groups in total. The Kier molecular flexibility index (Phi) is 8.60. The van der Waals surface area contributed by atoms with Gasteiger partial charge in [-0.1, -0.05) is 17.7 Å². The van der Waals surface area contributed by atoms with Gasteiger partial charge in [-0.05, 0) is 77.2 Å². The Morgan fingerprint density at radius 1 is 1.27 bits per heavy atom. The van der Waals surface area contributed by atoms with Gasteiger partial charge in [0, 0.05) is 5.56 Å². The van der Waals surface area contributed by atoms with Crippen molar-refractivity contribution < 1.29 is 33.0 Å². The molecule has 7 nitrogen and oxygen atoms in total.